The first-order chi connectivity index (χ1) is 11.3. The Kier molecular flexibility index (Phi) is 5.99. The Hall–Kier alpha value is -1.89. The van der Waals surface area contributed by atoms with Gasteiger partial charge in [0.25, 0.3) is 0 Å². The lowest BCUT2D eigenvalue weighted by Gasteiger charge is -2.11. The van der Waals surface area contributed by atoms with Crippen LogP contribution in [-0.2, 0) is 17.8 Å². The zero-order valence-electron chi connectivity index (χ0n) is 13.8. The first-order valence-electron chi connectivity index (χ1n) is 7.76. The molecule has 1 aromatic heterocycles. The third-order valence-corrected chi connectivity index (χ3v) is 4.60. The molecule has 0 saturated carbocycles. The number of carboxylic acid groups (broad SMARTS) is 1. The molecule has 7 heteroatoms. The zero-order chi connectivity index (χ0) is 17.9. The van der Waals surface area contributed by atoms with E-state index in [0.717, 1.165) is 16.8 Å². The molecule has 0 fully saturated rings. The van der Waals surface area contributed by atoms with Gasteiger partial charge >= 0.3 is 5.97 Å². The minimum atomic E-state index is -0.881. The van der Waals surface area contributed by atoms with Gasteiger partial charge in [0, 0.05) is 23.9 Å². The fourth-order valence-electron chi connectivity index (χ4n) is 2.42. The molecular weight excluding hydrogens is 334 g/mol. The van der Waals surface area contributed by atoms with E-state index in [1.54, 1.807) is 0 Å². The van der Waals surface area contributed by atoms with E-state index in [1.807, 2.05) is 25.3 Å². The summed E-state index contributed by atoms with van der Waals surface area (Å²) in [5.74, 6) is -1.34. The monoisotopic (exact) mass is 354 g/mol. The number of aliphatic carboxylic acids is 1. The quantitative estimate of drug-likeness (QED) is 0.797. The smallest absolute Gasteiger partial charge is 0.303 e. The standard InChI is InChI=1S/C17H20F2N2O2S/c1-4-21-14(5-6-15(22)23)20-16(10(2)3)17(21)24-13-8-11(18)7-12(19)9-13/h7-10H,4-6H2,1-3H3,(H,22,23). The molecule has 4 nitrogen and oxygen atoms in total. The van der Waals surface area contributed by atoms with Gasteiger partial charge in [0.15, 0.2) is 0 Å². The van der Waals surface area contributed by atoms with E-state index in [2.05, 4.69) is 4.98 Å². The van der Waals surface area contributed by atoms with Crippen molar-refractivity contribution < 1.29 is 18.7 Å². The first-order valence-corrected chi connectivity index (χ1v) is 8.58. The molecule has 0 bridgehead atoms. The maximum absolute atomic E-state index is 13.4. The molecule has 0 aliphatic heterocycles. The van der Waals surface area contributed by atoms with Gasteiger partial charge in [0.1, 0.15) is 22.5 Å². The van der Waals surface area contributed by atoms with E-state index in [9.17, 15) is 13.6 Å². The number of hydrogen-bond acceptors (Lipinski definition) is 3. The van der Waals surface area contributed by atoms with Crippen molar-refractivity contribution in [2.24, 2.45) is 0 Å². The van der Waals surface area contributed by atoms with Crippen LogP contribution in [0, 0.1) is 11.6 Å². The Bertz CT molecular complexity index is 724. The molecule has 130 valence electrons. The molecule has 1 N–H and O–H groups in total. The highest BCUT2D eigenvalue weighted by atomic mass is 32.2. The lowest BCUT2D eigenvalue weighted by atomic mass is 10.1. The number of rotatable bonds is 7. The van der Waals surface area contributed by atoms with Crippen molar-refractivity contribution in [3.05, 3.63) is 41.4 Å². The van der Waals surface area contributed by atoms with Crippen molar-refractivity contribution in [1.82, 2.24) is 9.55 Å². The van der Waals surface area contributed by atoms with E-state index in [-0.39, 0.29) is 12.3 Å². The highest BCUT2D eigenvalue weighted by molar-refractivity contribution is 7.99. The second kappa shape index (κ2) is 7.79. The number of halogens is 2. The van der Waals surface area contributed by atoms with Crippen molar-refractivity contribution >= 4 is 17.7 Å². The van der Waals surface area contributed by atoms with E-state index < -0.39 is 17.6 Å². The van der Waals surface area contributed by atoms with Gasteiger partial charge in [0.05, 0.1) is 12.1 Å². The average molecular weight is 354 g/mol. The van der Waals surface area contributed by atoms with Gasteiger partial charge in [-0.25, -0.2) is 13.8 Å². The molecule has 0 aliphatic carbocycles. The number of carboxylic acids is 1. The number of aromatic nitrogens is 2. The fraction of sp³-hybridized carbons (Fsp3) is 0.412. The molecule has 0 unspecified atom stereocenters. The summed E-state index contributed by atoms with van der Waals surface area (Å²) in [6.07, 6.45) is 0.314. The number of hydrogen-bond donors (Lipinski definition) is 1. The zero-order valence-corrected chi connectivity index (χ0v) is 14.7. The number of nitrogens with zero attached hydrogens (tertiary/aromatic N) is 2. The van der Waals surface area contributed by atoms with Crippen molar-refractivity contribution in [2.75, 3.05) is 0 Å². The summed E-state index contributed by atoms with van der Waals surface area (Å²) in [5.41, 5.74) is 0.812. The second-order valence-electron chi connectivity index (χ2n) is 5.72. The normalized spacial score (nSPS) is 11.2. The Morgan fingerprint density at radius 1 is 1.29 bits per heavy atom. The summed E-state index contributed by atoms with van der Waals surface area (Å²) in [4.78, 5) is 15.9. The molecule has 2 aromatic rings. The Morgan fingerprint density at radius 2 is 1.92 bits per heavy atom. The lowest BCUT2D eigenvalue weighted by molar-refractivity contribution is -0.137. The summed E-state index contributed by atoms with van der Waals surface area (Å²) < 4.78 is 28.8. The molecule has 0 saturated heterocycles. The summed E-state index contributed by atoms with van der Waals surface area (Å²) in [7, 11) is 0. The van der Waals surface area contributed by atoms with Gasteiger partial charge in [-0.1, -0.05) is 25.6 Å². The second-order valence-corrected chi connectivity index (χ2v) is 6.78. The minimum absolute atomic E-state index is 0.00670. The van der Waals surface area contributed by atoms with Crippen molar-refractivity contribution in [3.8, 4) is 0 Å². The van der Waals surface area contributed by atoms with Crippen LogP contribution in [-0.4, -0.2) is 20.6 Å². The molecular formula is C17H20F2N2O2S. The van der Waals surface area contributed by atoms with Crippen LogP contribution >= 0.6 is 11.8 Å². The third-order valence-electron chi connectivity index (χ3n) is 3.50. The van der Waals surface area contributed by atoms with Crippen LogP contribution in [0.4, 0.5) is 8.78 Å². The number of aryl methyl sites for hydroxylation is 1. The summed E-state index contributed by atoms with van der Waals surface area (Å²) in [6, 6.07) is 3.40. The van der Waals surface area contributed by atoms with Gasteiger partial charge in [-0.3, -0.25) is 4.79 Å². The third kappa shape index (κ3) is 4.35. The SMILES string of the molecule is CCn1c(CCC(=O)O)nc(C(C)C)c1Sc1cc(F)cc(F)c1. The minimum Gasteiger partial charge on any atom is -0.481 e. The fourth-order valence-corrected chi connectivity index (χ4v) is 3.72. The van der Waals surface area contributed by atoms with Gasteiger partial charge in [-0.15, -0.1) is 0 Å². The predicted molar refractivity (Wildman–Crippen MR) is 88.4 cm³/mol. The van der Waals surface area contributed by atoms with E-state index in [4.69, 9.17) is 5.11 Å². The van der Waals surface area contributed by atoms with Crippen LogP contribution < -0.4 is 0 Å². The summed E-state index contributed by atoms with van der Waals surface area (Å²) in [6.45, 7) is 6.51. The maximum atomic E-state index is 13.4. The van der Waals surface area contributed by atoms with Gasteiger partial charge in [0.2, 0.25) is 0 Å². The molecule has 0 amide bonds. The number of benzene rings is 1. The summed E-state index contributed by atoms with van der Waals surface area (Å²) >= 11 is 1.25. The Morgan fingerprint density at radius 3 is 2.42 bits per heavy atom. The number of imidazole rings is 1. The Labute approximate surface area is 143 Å². The largest absolute Gasteiger partial charge is 0.481 e. The predicted octanol–water partition coefficient (Wildman–Crippen LogP) is 4.47. The number of carbonyl (C=O) groups is 1. The van der Waals surface area contributed by atoms with Gasteiger partial charge < -0.3 is 9.67 Å². The van der Waals surface area contributed by atoms with Crippen LogP contribution in [0.3, 0.4) is 0 Å². The maximum Gasteiger partial charge on any atom is 0.303 e. The highest BCUT2D eigenvalue weighted by Crippen LogP contribution is 2.35. The first kappa shape index (κ1) is 18.4. The van der Waals surface area contributed by atoms with Crippen molar-refractivity contribution in [2.45, 2.75) is 56.0 Å². The summed E-state index contributed by atoms with van der Waals surface area (Å²) in [5, 5.41) is 9.70. The van der Waals surface area contributed by atoms with Crippen LogP contribution in [0.2, 0.25) is 0 Å². The molecule has 24 heavy (non-hydrogen) atoms. The molecule has 2 rings (SSSR count). The molecule has 0 radical (unpaired) electrons. The van der Waals surface area contributed by atoms with Gasteiger partial charge in [-0.05, 0) is 25.0 Å². The highest BCUT2D eigenvalue weighted by Gasteiger charge is 2.20. The molecule has 1 heterocycles. The van der Waals surface area contributed by atoms with Gasteiger partial charge in [-0.2, -0.15) is 0 Å². The van der Waals surface area contributed by atoms with E-state index in [1.165, 1.54) is 23.9 Å². The molecule has 0 atom stereocenters. The Balaban J connectivity index is 2.43. The van der Waals surface area contributed by atoms with Crippen LogP contribution in [0.5, 0.6) is 0 Å². The van der Waals surface area contributed by atoms with E-state index in [0.29, 0.717) is 23.7 Å². The molecule has 0 spiro atoms. The van der Waals surface area contributed by atoms with Crippen molar-refractivity contribution in [3.63, 3.8) is 0 Å². The lowest BCUT2D eigenvalue weighted by Crippen LogP contribution is -2.06. The van der Waals surface area contributed by atoms with Crippen LogP contribution in [0.1, 0.15) is 44.6 Å². The van der Waals surface area contributed by atoms with Crippen LogP contribution in [0.25, 0.3) is 0 Å². The van der Waals surface area contributed by atoms with Crippen molar-refractivity contribution in [1.29, 1.82) is 0 Å². The topological polar surface area (TPSA) is 55.1 Å². The average Bonchev–Trinajstić information content (AvgIpc) is 2.81. The van der Waals surface area contributed by atoms with E-state index >= 15 is 0 Å². The molecule has 1 aromatic carbocycles. The van der Waals surface area contributed by atoms with Crippen LogP contribution in [0.15, 0.2) is 28.1 Å². The molecule has 0 aliphatic rings.